The van der Waals surface area contributed by atoms with Crippen molar-refractivity contribution in [2.45, 2.75) is 69.4 Å². The average Bonchev–Trinajstić information content (AvgIpc) is 3.63. The van der Waals surface area contributed by atoms with Crippen LogP contribution in [0.4, 0.5) is 0 Å². The van der Waals surface area contributed by atoms with Crippen LogP contribution in [0.15, 0.2) is 66.7 Å². The summed E-state index contributed by atoms with van der Waals surface area (Å²) >= 11 is 0. The van der Waals surface area contributed by atoms with Crippen molar-refractivity contribution in [3.05, 3.63) is 83.4 Å². The number of benzene rings is 3. The Morgan fingerprint density at radius 2 is 1.69 bits per heavy atom. The molecule has 2 N–H and O–H groups in total. The van der Waals surface area contributed by atoms with E-state index in [2.05, 4.69) is 5.32 Å². The molecule has 1 saturated carbocycles. The van der Waals surface area contributed by atoms with Gasteiger partial charge in [-0.1, -0.05) is 56.3 Å². The highest BCUT2D eigenvalue weighted by Crippen LogP contribution is 2.69. The minimum atomic E-state index is -2.18. The van der Waals surface area contributed by atoms with E-state index in [1.54, 1.807) is 48.4 Å². The van der Waals surface area contributed by atoms with Gasteiger partial charge in [0, 0.05) is 43.0 Å². The van der Waals surface area contributed by atoms with Crippen molar-refractivity contribution < 1.29 is 43.2 Å². The highest BCUT2D eigenvalue weighted by Gasteiger charge is 2.78. The standard InChI is InChI=1S/C38H44N2O9/c1-7-22(2)34(42)39-30-14-11-19-40(30)35(43)33-31(24-12-9-8-10-13-24)38(25-15-17-26(45-4)18-16-25)36(48-23(3)41)37(33,44)32-28(47-6)20-27(46-5)21-29(32)49-38/h8-10,12-13,15-18,20-22,30-31,33,36,44H,7,11,14,19H2,1-6H3,(H,39,42)/t22-,30-,31-,33+,36-,37+,38-/m1/s1. The molecule has 7 atom stereocenters. The van der Waals surface area contributed by atoms with Crippen molar-refractivity contribution in [1.29, 1.82) is 0 Å². The number of methoxy groups -OCH3 is 3. The third-order valence-electron chi connectivity index (χ3n) is 10.4. The Morgan fingerprint density at radius 3 is 2.31 bits per heavy atom. The number of esters is 1. The fourth-order valence-electron chi connectivity index (χ4n) is 7.93. The summed E-state index contributed by atoms with van der Waals surface area (Å²) in [6, 6.07) is 19.7. The summed E-state index contributed by atoms with van der Waals surface area (Å²) in [4.78, 5) is 43.2. The van der Waals surface area contributed by atoms with Crippen LogP contribution in [0.3, 0.4) is 0 Å². The molecule has 49 heavy (non-hydrogen) atoms. The molecular weight excluding hydrogens is 628 g/mol. The molecule has 260 valence electrons. The van der Waals surface area contributed by atoms with E-state index in [0.29, 0.717) is 48.4 Å². The zero-order chi connectivity index (χ0) is 35.1. The van der Waals surface area contributed by atoms with E-state index in [4.69, 9.17) is 23.7 Å². The first-order chi connectivity index (χ1) is 23.5. The normalized spacial score (nSPS) is 27.4. The molecule has 3 aromatic carbocycles. The summed E-state index contributed by atoms with van der Waals surface area (Å²) in [5.74, 6) is -2.24. The third-order valence-corrected chi connectivity index (χ3v) is 10.4. The number of carbonyl (C=O) groups excluding carboxylic acids is 3. The van der Waals surface area contributed by atoms with Crippen LogP contribution in [0.5, 0.6) is 23.0 Å². The molecule has 1 saturated heterocycles. The van der Waals surface area contributed by atoms with Gasteiger partial charge >= 0.3 is 5.97 Å². The molecule has 11 heteroatoms. The Hall–Kier alpha value is -4.77. The van der Waals surface area contributed by atoms with Crippen LogP contribution in [0.2, 0.25) is 0 Å². The SMILES string of the molecule is CC[C@@H](C)C(=O)N[C@H]1CCCN1C(=O)[C@@H]1[C@@H](c2ccccc2)[C@@]2(c3ccc(OC)cc3)Oc3cc(OC)cc(OC)c3[C@@]1(O)[C@H]2OC(C)=O. The van der Waals surface area contributed by atoms with Gasteiger partial charge in [0.15, 0.2) is 17.3 Å². The van der Waals surface area contributed by atoms with Crippen LogP contribution in [0.1, 0.15) is 62.6 Å². The monoisotopic (exact) mass is 672 g/mol. The molecule has 2 bridgehead atoms. The first-order valence-corrected chi connectivity index (χ1v) is 16.7. The van der Waals surface area contributed by atoms with Gasteiger partial charge in [-0.25, -0.2) is 0 Å². The molecule has 11 nitrogen and oxygen atoms in total. The maximum absolute atomic E-state index is 15.4. The van der Waals surface area contributed by atoms with Gasteiger partial charge in [-0.15, -0.1) is 0 Å². The van der Waals surface area contributed by atoms with E-state index in [9.17, 15) is 14.7 Å². The number of hydrogen-bond acceptors (Lipinski definition) is 9. The number of amides is 2. The number of nitrogens with one attached hydrogen (secondary N) is 1. The quantitative estimate of drug-likeness (QED) is 0.296. The number of aliphatic hydroxyl groups is 1. The van der Waals surface area contributed by atoms with Crippen molar-refractivity contribution in [3.8, 4) is 23.0 Å². The molecule has 1 aliphatic carbocycles. The van der Waals surface area contributed by atoms with Crippen molar-refractivity contribution >= 4 is 17.8 Å². The fraction of sp³-hybridized carbons (Fsp3) is 0.447. The Bertz CT molecular complexity index is 1710. The van der Waals surface area contributed by atoms with Crippen LogP contribution in [-0.4, -0.2) is 67.9 Å². The molecule has 0 radical (unpaired) electrons. The van der Waals surface area contributed by atoms with Crippen LogP contribution in [0.25, 0.3) is 0 Å². The highest BCUT2D eigenvalue weighted by molar-refractivity contribution is 5.86. The van der Waals surface area contributed by atoms with Crippen LogP contribution in [0, 0.1) is 11.8 Å². The fourth-order valence-corrected chi connectivity index (χ4v) is 7.93. The summed E-state index contributed by atoms with van der Waals surface area (Å²) < 4.78 is 30.2. The van der Waals surface area contributed by atoms with E-state index in [1.807, 2.05) is 44.2 Å². The Morgan fingerprint density at radius 1 is 1.00 bits per heavy atom. The number of ether oxygens (including phenoxy) is 5. The lowest BCUT2D eigenvalue weighted by Crippen LogP contribution is -2.57. The summed E-state index contributed by atoms with van der Waals surface area (Å²) in [6.45, 7) is 5.41. The Labute approximate surface area is 286 Å². The van der Waals surface area contributed by atoms with Crippen molar-refractivity contribution in [2.75, 3.05) is 27.9 Å². The van der Waals surface area contributed by atoms with Crippen LogP contribution in [-0.2, 0) is 30.3 Å². The van der Waals surface area contributed by atoms with Gasteiger partial charge in [-0.2, -0.15) is 0 Å². The van der Waals surface area contributed by atoms with Crippen LogP contribution >= 0.6 is 0 Å². The molecular formula is C38H44N2O9. The molecule has 2 fully saturated rings. The number of likely N-dealkylation sites (tertiary alicyclic amines) is 1. The number of nitrogens with zero attached hydrogens (tertiary/aromatic N) is 1. The molecule has 6 rings (SSSR count). The summed E-state index contributed by atoms with van der Waals surface area (Å²) in [5, 5.41) is 16.6. The smallest absolute Gasteiger partial charge is 0.303 e. The molecule has 2 amide bonds. The molecule has 3 aliphatic rings. The third kappa shape index (κ3) is 5.44. The summed E-state index contributed by atoms with van der Waals surface area (Å²) in [6.07, 6.45) is -0.147. The first-order valence-electron chi connectivity index (χ1n) is 16.7. The van der Waals surface area contributed by atoms with E-state index in [0.717, 1.165) is 0 Å². The second-order valence-electron chi connectivity index (χ2n) is 13.0. The van der Waals surface area contributed by atoms with Gasteiger partial charge in [0.05, 0.1) is 32.8 Å². The second-order valence-corrected chi connectivity index (χ2v) is 13.0. The Balaban J connectivity index is 1.66. The van der Waals surface area contributed by atoms with Gasteiger partial charge in [0.2, 0.25) is 11.8 Å². The maximum Gasteiger partial charge on any atom is 0.303 e. The first kappa shape index (κ1) is 34.1. The van der Waals surface area contributed by atoms with Crippen molar-refractivity contribution in [3.63, 3.8) is 0 Å². The lowest BCUT2D eigenvalue weighted by atomic mass is 9.75. The lowest BCUT2D eigenvalue weighted by molar-refractivity contribution is -0.196. The molecule has 2 aliphatic heterocycles. The summed E-state index contributed by atoms with van der Waals surface area (Å²) in [5.41, 5.74) is -2.40. The Kier molecular flexibility index (Phi) is 9.23. The van der Waals surface area contributed by atoms with Gasteiger partial charge in [0.25, 0.3) is 0 Å². The minimum Gasteiger partial charge on any atom is -0.497 e. The molecule has 0 spiro atoms. The average molecular weight is 673 g/mol. The topological polar surface area (TPSA) is 133 Å². The predicted molar refractivity (Wildman–Crippen MR) is 179 cm³/mol. The molecule has 0 unspecified atom stereocenters. The highest BCUT2D eigenvalue weighted by atomic mass is 16.6. The second kappa shape index (κ2) is 13.3. The number of rotatable bonds is 10. The van der Waals surface area contributed by atoms with Gasteiger partial charge in [-0.05, 0) is 37.0 Å². The van der Waals surface area contributed by atoms with Crippen LogP contribution < -0.4 is 24.3 Å². The molecule has 2 heterocycles. The van der Waals surface area contributed by atoms with E-state index in [1.165, 1.54) is 21.1 Å². The zero-order valence-electron chi connectivity index (χ0n) is 28.7. The minimum absolute atomic E-state index is 0.148. The van der Waals surface area contributed by atoms with Crippen molar-refractivity contribution in [2.24, 2.45) is 11.8 Å². The number of hydrogen-bond donors (Lipinski definition) is 2. The van der Waals surface area contributed by atoms with Crippen molar-refractivity contribution in [1.82, 2.24) is 10.2 Å². The number of fused-ring (bicyclic) bond motifs is 4. The predicted octanol–water partition coefficient (Wildman–Crippen LogP) is 4.64. The van der Waals surface area contributed by atoms with E-state index in [-0.39, 0.29) is 28.9 Å². The largest absolute Gasteiger partial charge is 0.497 e. The van der Waals surface area contributed by atoms with Gasteiger partial charge in [0.1, 0.15) is 29.2 Å². The maximum atomic E-state index is 15.4. The zero-order valence-corrected chi connectivity index (χ0v) is 28.7. The van der Waals surface area contributed by atoms with Gasteiger partial charge < -0.3 is 39.0 Å². The molecule has 0 aromatic heterocycles. The van der Waals surface area contributed by atoms with Gasteiger partial charge in [-0.3, -0.25) is 14.4 Å². The molecule has 3 aromatic rings. The van der Waals surface area contributed by atoms with E-state index >= 15 is 4.79 Å². The number of carbonyl (C=O) groups is 3. The summed E-state index contributed by atoms with van der Waals surface area (Å²) in [7, 11) is 4.52. The van der Waals surface area contributed by atoms with E-state index < -0.39 is 47.2 Å². The lowest BCUT2D eigenvalue weighted by Gasteiger charge is -2.46.